The van der Waals surface area contributed by atoms with Gasteiger partial charge in [-0.2, -0.15) is 0 Å². The largest absolute Gasteiger partial charge is 0.322 e. The monoisotopic (exact) mass is 573 g/mol. The number of anilines is 1. The summed E-state index contributed by atoms with van der Waals surface area (Å²) < 4.78 is 0. The Hall–Kier alpha value is -3.15. The van der Waals surface area contributed by atoms with Crippen LogP contribution in [-0.2, 0) is 25.8 Å². The van der Waals surface area contributed by atoms with Gasteiger partial charge in [0.05, 0.1) is 0 Å². The molecule has 2 unspecified atom stereocenters. The Labute approximate surface area is 248 Å². The molecule has 4 nitrogen and oxygen atoms in total. The molecular weight excluding hydrogens is 537 g/mol. The third kappa shape index (κ3) is 9.79. The zero-order valence-electron chi connectivity index (χ0n) is 23.1. The number of hydrogen-bond acceptors (Lipinski definition) is 3. The van der Waals surface area contributed by atoms with Crippen molar-refractivity contribution in [3.05, 3.63) is 135 Å². The molecule has 3 N–H and O–H groups in total. The number of rotatable bonds is 13. The summed E-state index contributed by atoms with van der Waals surface area (Å²) >= 11 is 12.0. The number of hydrogen-bond donors (Lipinski definition) is 3. The minimum absolute atomic E-state index is 0.107. The highest BCUT2D eigenvalue weighted by atomic mass is 35.5. The number of halogens is 2. The third-order valence-electron chi connectivity index (χ3n) is 6.88. The van der Waals surface area contributed by atoms with E-state index >= 15 is 0 Å². The molecule has 208 valence electrons. The Morgan fingerprint density at radius 2 is 1.27 bits per heavy atom. The van der Waals surface area contributed by atoms with E-state index in [4.69, 9.17) is 23.2 Å². The lowest BCUT2D eigenvalue weighted by atomic mass is 10.0. The van der Waals surface area contributed by atoms with Crippen LogP contribution in [0.1, 0.15) is 46.5 Å². The summed E-state index contributed by atoms with van der Waals surface area (Å²) in [5.41, 5.74) is 6.29. The third-order valence-corrected chi connectivity index (χ3v) is 7.36. The van der Waals surface area contributed by atoms with E-state index in [0.29, 0.717) is 17.6 Å². The van der Waals surface area contributed by atoms with E-state index in [0.717, 1.165) is 48.1 Å². The molecule has 0 saturated heterocycles. The van der Waals surface area contributed by atoms with E-state index in [9.17, 15) is 4.79 Å². The SMILES string of the molecule is CC(Cc1ccc(NC(=O)c2ccc(CC(C)NCc3ccc(Cl)cc3)cc2)cc1)NCCc1cccc(Cl)c1. The van der Waals surface area contributed by atoms with Crippen molar-refractivity contribution >= 4 is 34.8 Å². The van der Waals surface area contributed by atoms with Crippen LogP contribution in [0.25, 0.3) is 0 Å². The van der Waals surface area contributed by atoms with Crippen LogP contribution >= 0.6 is 23.2 Å². The standard InChI is InChI=1S/C34H37Cl2N3O/c1-24(37-19-18-26-4-3-5-32(36)22-26)20-28-10-16-33(17-11-28)39-34(40)30-12-6-27(7-13-30)21-25(2)38-23-29-8-14-31(35)15-9-29/h3-17,22,24-25,37-38H,18-21,23H2,1-2H3,(H,39,40). The fourth-order valence-electron chi connectivity index (χ4n) is 4.62. The average molecular weight is 575 g/mol. The maximum absolute atomic E-state index is 12.8. The highest BCUT2D eigenvalue weighted by Crippen LogP contribution is 2.15. The molecule has 0 aliphatic rings. The lowest BCUT2D eigenvalue weighted by Crippen LogP contribution is -2.30. The second-order valence-corrected chi connectivity index (χ2v) is 11.3. The Bertz CT molecular complexity index is 1360. The lowest BCUT2D eigenvalue weighted by Gasteiger charge is -2.15. The normalized spacial score (nSPS) is 12.6. The fourth-order valence-corrected chi connectivity index (χ4v) is 4.96. The summed E-state index contributed by atoms with van der Waals surface area (Å²) in [6.07, 6.45) is 2.74. The Morgan fingerprint density at radius 3 is 1.93 bits per heavy atom. The van der Waals surface area contributed by atoms with Crippen molar-refractivity contribution in [2.75, 3.05) is 11.9 Å². The van der Waals surface area contributed by atoms with Crippen molar-refractivity contribution in [2.24, 2.45) is 0 Å². The summed E-state index contributed by atoms with van der Waals surface area (Å²) in [6, 6.07) is 32.4. The fraction of sp³-hybridized carbons (Fsp3) is 0.265. The molecule has 1 amide bonds. The predicted molar refractivity (Wildman–Crippen MR) is 169 cm³/mol. The van der Waals surface area contributed by atoms with Gasteiger partial charge >= 0.3 is 0 Å². The number of carbonyl (C=O) groups is 1. The van der Waals surface area contributed by atoms with Crippen molar-refractivity contribution < 1.29 is 4.79 Å². The van der Waals surface area contributed by atoms with Crippen molar-refractivity contribution in [1.82, 2.24) is 10.6 Å². The highest BCUT2D eigenvalue weighted by molar-refractivity contribution is 6.30. The highest BCUT2D eigenvalue weighted by Gasteiger charge is 2.09. The van der Waals surface area contributed by atoms with Crippen LogP contribution in [0.15, 0.2) is 97.1 Å². The van der Waals surface area contributed by atoms with E-state index in [1.807, 2.05) is 78.9 Å². The van der Waals surface area contributed by atoms with Crippen molar-refractivity contribution in [3.8, 4) is 0 Å². The zero-order valence-corrected chi connectivity index (χ0v) is 24.6. The molecule has 4 aromatic carbocycles. The van der Waals surface area contributed by atoms with E-state index in [-0.39, 0.29) is 5.91 Å². The van der Waals surface area contributed by atoms with Crippen LogP contribution in [0.5, 0.6) is 0 Å². The first-order valence-electron chi connectivity index (χ1n) is 13.8. The minimum Gasteiger partial charge on any atom is -0.322 e. The second kappa shape index (κ2) is 15.0. The van der Waals surface area contributed by atoms with Crippen LogP contribution in [-0.4, -0.2) is 24.5 Å². The van der Waals surface area contributed by atoms with E-state index in [1.165, 1.54) is 22.3 Å². The first-order valence-corrected chi connectivity index (χ1v) is 14.5. The van der Waals surface area contributed by atoms with Crippen LogP contribution in [0.4, 0.5) is 5.69 Å². The van der Waals surface area contributed by atoms with Gasteiger partial charge in [0.1, 0.15) is 0 Å². The van der Waals surface area contributed by atoms with Crippen LogP contribution in [0.2, 0.25) is 10.0 Å². The summed E-state index contributed by atoms with van der Waals surface area (Å²) in [4.78, 5) is 12.8. The maximum atomic E-state index is 12.8. The Balaban J connectivity index is 1.19. The summed E-state index contributed by atoms with van der Waals surface area (Å²) in [5, 5.41) is 11.7. The van der Waals surface area contributed by atoms with Crippen molar-refractivity contribution in [3.63, 3.8) is 0 Å². The molecule has 0 aliphatic heterocycles. The van der Waals surface area contributed by atoms with Gasteiger partial charge < -0.3 is 16.0 Å². The number of amides is 1. The molecule has 0 spiro atoms. The van der Waals surface area contributed by atoms with Gasteiger partial charge in [0.25, 0.3) is 5.91 Å². The summed E-state index contributed by atoms with van der Waals surface area (Å²) in [7, 11) is 0. The molecule has 0 fully saturated rings. The van der Waals surface area contributed by atoms with Crippen molar-refractivity contribution in [1.29, 1.82) is 0 Å². The quantitative estimate of drug-likeness (QED) is 0.153. The minimum atomic E-state index is -0.107. The van der Waals surface area contributed by atoms with Crippen LogP contribution in [0.3, 0.4) is 0 Å². The molecule has 0 aliphatic carbocycles. The van der Waals surface area contributed by atoms with Gasteiger partial charge in [-0.3, -0.25) is 4.79 Å². The molecule has 0 aromatic heterocycles. The van der Waals surface area contributed by atoms with Gasteiger partial charge in [-0.25, -0.2) is 0 Å². The molecule has 2 atom stereocenters. The molecule has 0 radical (unpaired) electrons. The predicted octanol–water partition coefficient (Wildman–Crippen LogP) is 7.73. The van der Waals surface area contributed by atoms with E-state index < -0.39 is 0 Å². The molecule has 40 heavy (non-hydrogen) atoms. The van der Waals surface area contributed by atoms with Crippen molar-refractivity contribution in [2.45, 2.75) is 51.7 Å². The van der Waals surface area contributed by atoms with Gasteiger partial charge in [0.2, 0.25) is 0 Å². The zero-order chi connectivity index (χ0) is 28.3. The molecule has 6 heteroatoms. The summed E-state index contributed by atoms with van der Waals surface area (Å²) in [5.74, 6) is -0.107. The number of benzene rings is 4. The van der Waals surface area contributed by atoms with Crippen LogP contribution < -0.4 is 16.0 Å². The summed E-state index contributed by atoms with van der Waals surface area (Å²) in [6.45, 7) is 6.04. The van der Waals surface area contributed by atoms with Gasteiger partial charge in [0, 0.05) is 39.9 Å². The Kier molecular flexibility index (Phi) is 11.2. The van der Waals surface area contributed by atoms with Gasteiger partial charge in [0.15, 0.2) is 0 Å². The van der Waals surface area contributed by atoms with E-state index in [1.54, 1.807) is 0 Å². The maximum Gasteiger partial charge on any atom is 0.255 e. The first kappa shape index (κ1) is 29.8. The van der Waals surface area contributed by atoms with Gasteiger partial charge in [-0.05, 0) is 110 Å². The number of carbonyl (C=O) groups excluding carboxylic acids is 1. The Morgan fingerprint density at radius 1 is 0.675 bits per heavy atom. The van der Waals surface area contributed by atoms with Gasteiger partial charge in [-0.1, -0.05) is 71.7 Å². The second-order valence-electron chi connectivity index (χ2n) is 10.4. The molecule has 4 rings (SSSR count). The molecule has 0 heterocycles. The average Bonchev–Trinajstić information content (AvgIpc) is 2.94. The molecular formula is C34H37Cl2N3O. The lowest BCUT2D eigenvalue weighted by molar-refractivity contribution is 0.102. The first-order chi connectivity index (χ1) is 19.3. The molecule has 0 bridgehead atoms. The van der Waals surface area contributed by atoms with Gasteiger partial charge in [-0.15, -0.1) is 0 Å². The molecule has 0 saturated carbocycles. The number of nitrogens with one attached hydrogen (secondary N) is 3. The van der Waals surface area contributed by atoms with Crippen LogP contribution in [0, 0.1) is 0 Å². The topological polar surface area (TPSA) is 53.2 Å². The van der Waals surface area contributed by atoms with E-state index in [2.05, 4.69) is 48.0 Å². The molecule has 4 aromatic rings. The smallest absolute Gasteiger partial charge is 0.255 e.